The molecule has 1 fully saturated rings. The minimum atomic E-state index is -1.11. The van der Waals surface area contributed by atoms with Gasteiger partial charge >= 0.3 is 5.97 Å². The van der Waals surface area contributed by atoms with Gasteiger partial charge in [-0.2, -0.15) is 0 Å². The normalized spacial score (nSPS) is 17.7. The molecule has 0 unspecified atom stereocenters. The summed E-state index contributed by atoms with van der Waals surface area (Å²) in [4.78, 5) is 28.9. The lowest BCUT2D eigenvalue weighted by Gasteiger charge is -2.25. The highest BCUT2D eigenvalue weighted by Crippen LogP contribution is 2.24. The number of carboxylic acids is 1. The lowest BCUT2D eigenvalue weighted by Crippen LogP contribution is -2.34. The van der Waals surface area contributed by atoms with Gasteiger partial charge in [0, 0.05) is 25.4 Å². The predicted molar refractivity (Wildman–Crippen MR) is 107 cm³/mol. The summed E-state index contributed by atoms with van der Waals surface area (Å²) in [6.07, 6.45) is 5.28. The molecule has 1 aromatic heterocycles. The highest BCUT2D eigenvalue weighted by atomic mass is 16.4. The van der Waals surface area contributed by atoms with E-state index in [0.717, 1.165) is 24.7 Å². The van der Waals surface area contributed by atoms with Gasteiger partial charge < -0.3 is 19.5 Å². The topological polar surface area (TPSA) is 104 Å². The molecular weight excluding hydrogens is 372 g/mol. The second kappa shape index (κ2) is 9.69. The Morgan fingerprint density at radius 3 is 2.97 bits per heavy atom. The second-order valence-electron chi connectivity index (χ2n) is 7.74. The Labute approximate surface area is 170 Å². The largest absolute Gasteiger partial charge is 0.476 e. The summed E-state index contributed by atoms with van der Waals surface area (Å²) >= 11 is 0. The van der Waals surface area contributed by atoms with Crippen molar-refractivity contribution in [1.29, 1.82) is 0 Å². The van der Waals surface area contributed by atoms with Crippen LogP contribution in [0.1, 0.15) is 59.6 Å². The Kier molecular flexibility index (Phi) is 7.04. The fourth-order valence-corrected chi connectivity index (χ4v) is 3.92. The van der Waals surface area contributed by atoms with Crippen molar-refractivity contribution in [1.82, 2.24) is 9.88 Å². The van der Waals surface area contributed by atoms with Crippen LogP contribution in [0.5, 0.6) is 0 Å². The molecule has 29 heavy (non-hydrogen) atoms. The van der Waals surface area contributed by atoms with Gasteiger partial charge in [0.15, 0.2) is 11.6 Å². The number of aromatic carboxylic acids is 1. The molecule has 1 aliphatic heterocycles. The number of aromatic nitrogens is 1. The molecule has 7 heteroatoms. The van der Waals surface area contributed by atoms with E-state index >= 15 is 0 Å². The molecule has 2 atom stereocenters. The zero-order valence-electron chi connectivity index (χ0n) is 16.7. The summed E-state index contributed by atoms with van der Waals surface area (Å²) in [5.41, 5.74) is 2.21. The van der Waals surface area contributed by atoms with E-state index in [1.807, 2.05) is 30.0 Å². The highest BCUT2D eigenvalue weighted by Gasteiger charge is 2.30. The van der Waals surface area contributed by atoms with Gasteiger partial charge in [-0.25, -0.2) is 9.78 Å². The Balaban J connectivity index is 1.44. The molecule has 2 aromatic rings. The van der Waals surface area contributed by atoms with Crippen LogP contribution >= 0.6 is 0 Å². The molecule has 0 spiro atoms. The number of benzene rings is 1. The van der Waals surface area contributed by atoms with Gasteiger partial charge in [0.05, 0.1) is 6.10 Å². The molecule has 1 amide bonds. The lowest BCUT2D eigenvalue weighted by atomic mass is 9.99. The predicted octanol–water partition coefficient (Wildman–Crippen LogP) is 2.99. The van der Waals surface area contributed by atoms with Crippen LogP contribution in [0.2, 0.25) is 0 Å². The van der Waals surface area contributed by atoms with Gasteiger partial charge in [-0.15, -0.1) is 0 Å². The number of amides is 1. The fourth-order valence-electron chi connectivity index (χ4n) is 3.92. The number of carbonyl (C=O) groups is 2. The van der Waals surface area contributed by atoms with Crippen LogP contribution in [0, 0.1) is 6.92 Å². The number of hydrogen-bond acceptors (Lipinski definition) is 5. The summed E-state index contributed by atoms with van der Waals surface area (Å²) in [6.45, 7) is 2.63. The van der Waals surface area contributed by atoms with E-state index in [1.54, 1.807) is 0 Å². The van der Waals surface area contributed by atoms with Crippen molar-refractivity contribution in [2.75, 3.05) is 6.54 Å². The third-order valence-electron chi connectivity index (χ3n) is 5.40. The average Bonchev–Trinajstić information content (AvgIpc) is 3.28. The summed E-state index contributed by atoms with van der Waals surface area (Å²) in [7, 11) is 0. The summed E-state index contributed by atoms with van der Waals surface area (Å²) in [5.74, 6) is -0.597. The van der Waals surface area contributed by atoms with E-state index in [1.165, 1.54) is 5.56 Å². The first-order valence-corrected chi connectivity index (χ1v) is 10.1. The summed E-state index contributed by atoms with van der Waals surface area (Å²) < 4.78 is 5.16. The first-order chi connectivity index (χ1) is 13.9. The highest BCUT2D eigenvalue weighted by molar-refractivity contribution is 5.84. The van der Waals surface area contributed by atoms with E-state index in [4.69, 9.17) is 9.52 Å². The Hall–Kier alpha value is -2.67. The second-order valence-corrected chi connectivity index (χ2v) is 7.74. The number of rotatable bonds is 10. The van der Waals surface area contributed by atoms with Crippen molar-refractivity contribution >= 4 is 11.9 Å². The molecule has 0 saturated carbocycles. The number of carboxylic acid groups (broad SMARTS) is 1. The molecule has 7 nitrogen and oxygen atoms in total. The van der Waals surface area contributed by atoms with Gasteiger partial charge in [-0.3, -0.25) is 4.79 Å². The fraction of sp³-hybridized carbons (Fsp3) is 0.500. The first kappa shape index (κ1) is 21.0. The molecule has 2 heterocycles. The van der Waals surface area contributed by atoms with Crippen LogP contribution in [0.3, 0.4) is 0 Å². The average molecular weight is 400 g/mol. The monoisotopic (exact) mass is 400 g/mol. The number of aliphatic hydroxyl groups is 1. The third kappa shape index (κ3) is 5.90. The van der Waals surface area contributed by atoms with Crippen LogP contribution in [0.25, 0.3) is 0 Å². The van der Waals surface area contributed by atoms with Gasteiger partial charge in [-0.1, -0.05) is 29.8 Å². The van der Waals surface area contributed by atoms with Gasteiger partial charge in [-0.05, 0) is 44.6 Å². The van der Waals surface area contributed by atoms with Crippen molar-refractivity contribution in [3.05, 3.63) is 53.2 Å². The van der Waals surface area contributed by atoms with Gasteiger partial charge in [0.1, 0.15) is 6.26 Å². The Morgan fingerprint density at radius 2 is 2.24 bits per heavy atom. The number of aryl methyl sites for hydroxylation is 2. The van der Waals surface area contributed by atoms with E-state index in [-0.39, 0.29) is 17.6 Å². The molecular formula is C22H28N2O5. The van der Waals surface area contributed by atoms with Gasteiger partial charge in [0.25, 0.3) is 0 Å². The van der Waals surface area contributed by atoms with Crippen molar-refractivity contribution in [2.24, 2.45) is 0 Å². The van der Waals surface area contributed by atoms with Crippen molar-refractivity contribution in [3.8, 4) is 0 Å². The number of hydrogen-bond donors (Lipinski definition) is 2. The maximum absolute atomic E-state index is 12.2. The van der Waals surface area contributed by atoms with Crippen LogP contribution in [-0.2, 0) is 17.6 Å². The van der Waals surface area contributed by atoms with E-state index < -0.39 is 12.1 Å². The minimum absolute atomic E-state index is 0.0993. The summed E-state index contributed by atoms with van der Waals surface area (Å²) in [5, 5.41) is 19.3. The number of nitrogens with zero attached hydrogens (tertiary/aromatic N) is 2. The van der Waals surface area contributed by atoms with E-state index in [0.29, 0.717) is 44.5 Å². The molecule has 1 saturated heterocycles. The van der Waals surface area contributed by atoms with Crippen LogP contribution < -0.4 is 0 Å². The van der Waals surface area contributed by atoms with Crippen molar-refractivity contribution in [3.63, 3.8) is 0 Å². The lowest BCUT2D eigenvalue weighted by molar-refractivity contribution is -0.129. The number of carbonyl (C=O) groups excluding carboxylic acids is 1. The van der Waals surface area contributed by atoms with Crippen LogP contribution in [0.15, 0.2) is 34.9 Å². The maximum Gasteiger partial charge on any atom is 0.357 e. The van der Waals surface area contributed by atoms with Gasteiger partial charge in [0.2, 0.25) is 5.91 Å². The van der Waals surface area contributed by atoms with Crippen molar-refractivity contribution in [2.45, 2.75) is 64.0 Å². The number of oxazole rings is 1. The molecule has 0 bridgehead atoms. The number of aliphatic hydroxyl groups excluding tert-OH is 1. The maximum atomic E-state index is 12.2. The van der Waals surface area contributed by atoms with E-state index in [9.17, 15) is 14.7 Å². The van der Waals surface area contributed by atoms with Crippen LogP contribution in [0.4, 0.5) is 0 Å². The molecule has 1 aliphatic rings. The first-order valence-electron chi connectivity index (χ1n) is 10.1. The standard InChI is InChI=1S/C22H28N2O5/c1-15-4-2-5-16(12-15)13-18(25)9-7-17-8-10-21(26)24(17)11-3-6-20-23-19(14-29-20)22(27)28/h2,4-5,12,14,17-18,25H,3,6-11,13H2,1H3,(H,27,28)/t17-,18+/m0/s1. The SMILES string of the molecule is Cc1cccc(C[C@H](O)CC[C@H]2CCC(=O)N2CCCc2nc(C(=O)O)co2)c1. The number of likely N-dealkylation sites (tertiary alicyclic amines) is 1. The molecule has 3 rings (SSSR count). The van der Waals surface area contributed by atoms with Crippen LogP contribution in [-0.4, -0.2) is 50.7 Å². The zero-order chi connectivity index (χ0) is 20.8. The quantitative estimate of drug-likeness (QED) is 0.635. The molecule has 1 aromatic carbocycles. The Morgan fingerprint density at radius 1 is 1.41 bits per heavy atom. The molecule has 2 N–H and O–H groups in total. The molecule has 156 valence electrons. The molecule has 0 aliphatic carbocycles. The summed E-state index contributed by atoms with van der Waals surface area (Å²) in [6, 6.07) is 8.31. The van der Waals surface area contributed by atoms with Crippen molar-refractivity contribution < 1.29 is 24.2 Å². The smallest absolute Gasteiger partial charge is 0.357 e. The minimum Gasteiger partial charge on any atom is -0.476 e. The van der Waals surface area contributed by atoms with E-state index in [2.05, 4.69) is 11.1 Å². The third-order valence-corrected chi connectivity index (χ3v) is 5.40. The zero-order valence-corrected chi connectivity index (χ0v) is 16.7. The molecule has 0 radical (unpaired) electrons. The Bertz CT molecular complexity index is 847.